The van der Waals surface area contributed by atoms with Gasteiger partial charge < -0.3 is 61.7 Å². The largest absolute Gasteiger partial charge is 0.508 e. The van der Waals surface area contributed by atoms with Gasteiger partial charge in [0.25, 0.3) is 0 Å². The highest BCUT2D eigenvalue weighted by molar-refractivity contribution is 5.92. The number of benzene rings is 2. The average Bonchev–Trinajstić information content (AvgIpc) is 3.20. The summed E-state index contributed by atoms with van der Waals surface area (Å²) < 4.78 is 20.2. The molecular formula is C44H53N5O9. The number of phenolic OH excluding ortho intramolecular Hbond substituents is 2. The number of hydrogen-bond donors (Lipinski definition) is 9. The number of allylic oxidation sites excluding steroid dienone is 5. The summed E-state index contributed by atoms with van der Waals surface area (Å²) in [6.07, 6.45) is 9.43. The molecule has 11 N–H and O–H groups in total. The Bertz CT molecular complexity index is 2310. The van der Waals surface area contributed by atoms with E-state index in [0.29, 0.717) is 54.9 Å². The number of aliphatic hydroxyl groups is 2. The predicted octanol–water partition coefficient (Wildman–Crippen LogP) is 3.55. The van der Waals surface area contributed by atoms with Crippen LogP contribution in [0.5, 0.6) is 17.2 Å². The molecule has 0 amide bonds. The molecule has 0 aliphatic carbocycles. The van der Waals surface area contributed by atoms with Gasteiger partial charge in [-0.05, 0) is 80.1 Å². The number of ether oxygens (including phenoxy) is 2. The van der Waals surface area contributed by atoms with Gasteiger partial charge in [0.2, 0.25) is 0 Å². The number of nitrogens with two attached hydrogens (primary N) is 2. The molecule has 6 atom stereocenters. The van der Waals surface area contributed by atoms with E-state index in [2.05, 4.69) is 16.0 Å². The topological polar surface area (TPSA) is 235 Å². The smallest absolute Gasteiger partial charge is 0.335 e. The standard InChI is InChI=1S/C44H53N5O9/c1-4-24(20-47-5-2)43(55)57-34-18-31-39(54)37-33(53)17-28(21-50)56-41(37)38-36(32(22-51)25-7-6-8-27(52)16-25)29-13-14-48-42(46)30(29)11-10-26(44(34,3)58-40(31)38)15-23-9-12-35(45)49-19-23/h4,6-9,12-13,16-17,19,26,32,34-36,47-52,54H,5,10-11,14-15,18,20-22,45-46H2,1-3H3. The molecule has 4 aliphatic heterocycles. The molecule has 4 aliphatic rings. The lowest BCUT2D eigenvalue weighted by molar-refractivity contribution is -0.165. The number of likely N-dealkylation sites (N-methyl/N-ethyl adjacent to an activating group) is 1. The first-order valence-corrected chi connectivity index (χ1v) is 19.8. The minimum Gasteiger partial charge on any atom is -0.508 e. The Hall–Kier alpha value is -5.54. The van der Waals surface area contributed by atoms with Crippen molar-refractivity contribution in [1.82, 2.24) is 16.0 Å². The van der Waals surface area contributed by atoms with E-state index in [-0.39, 0.29) is 58.8 Å². The molecular weight excluding hydrogens is 743 g/mol. The molecule has 14 heteroatoms. The monoisotopic (exact) mass is 795 g/mol. The highest BCUT2D eigenvalue weighted by Crippen LogP contribution is 2.57. The maximum Gasteiger partial charge on any atom is 0.335 e. The molecule has 14 nitrogen and oxygen atoms in total. The van der Waals surface area contributed by atoms with Gasteiger partial charge in [-0.15, -0.1) is 0 Å². The number of dihydropyridines is 2. The normalized spacial score (nSPS) is 24.8. The van der Waals surface area contributed by atoms with E-state index in [1.807, 2.05) is 38.3 Å². The Morgan fingerprint density at radius 1 is 1.22 bits per heavy atom. The fraction of sp³-hybridized carbons (Fsp3) is 0.409. The molecule has 0 saturated carbocycles. The molecule has 2 aromatic carbocycles. The molecule has 0 radical (unpaired) electrons. The van der Waals surface area contributed by atoms with Crippen molar-refractivity contribution in [3.63, 3.8) is 0 Å². The average molecular weight is 796 g/mol. The Balaban J connectivity index is 1.55. The Morgan fingerprint density at radius 3 is 2.72 bits per heavy atom. The number of carbonyl (C=O) groups excluding carboxylic acids is 1. The van der Waals surface area contributed by atoms with E-state index in [9.17, 15) is 30.0 Å². The summed E-state index contributed by atoms with van der Waals surface area (Å²) in [6.45, 7) is 5.86. The predicted molar refractivity (Wildman–Crippen MR) is 219 cm³/mol. The number of phenols is 2. The van der Waals surface area contributed by atoms with Crippen molar-refractivity contribution in [3.05, 3.63) is 122 Å². The summed E-state index contributed by atoms with van der Waals surface area (Å²) in [5, 5.41) is 54.1. The van der Waals surface area contributed by atoms with Crippen molar-refractivity contribution in [3.8, 4) is 17.2 Å². The van der Waals surface area contributed by atoms with Crippen LogP contribution in [0.2, 0.25) is 0 Å². The second kappa shape index (κ2) is 16.7. The van der Waals surface area contributed by atoms with Crippen LogP contribution in [0.4, 0.5) is 0 Å². The number of carbonyl (C=O) groups is 1. The molecule has 3 aromatic rings. The highest BCUT2D eigenvalue weighted by atomic mass is 16.6. The van der Waals surface area contributed by atoms with Gasteiger partial charge in [0.1, 0.15) is 52.3 Å². The zero-order chi connectivity index (χ0) is 41.3. The zero-order valence-corrected chi connectivity index (χ0v) is 33.0. The van der Waals surface area contributed by atoms with Gasteiger partial charge in [-0.25, -0.2) is 4.79 Å². The first kappa shape index (κ1) is 40.6. The molecule has 58 heavy (non-hydrogen) atoms. The first-order chi connectivity index (χ1) is 27.9. The molecule has 2 bridgehead atoms. The van der Waals surface area contributed by atoms with Crippen LogP contribution in [0.1, 0.15) is 74.3 Å². The third-order valence-corrected chi connectivity index (χ3v) is 12.1. The Kier molecular flexibility index (Phi) is 11.7. The van der Waals surface area contributed by atoms with E-state index < -0.39 is 53.9 Å². The van der Waals surface area contributed by atoms with Gasteiger partial charge in [-0.3, -0.25) is 4.79 Å². The minimum atomic E-state index is -1.28. The summed E-state index contributed by atoms with van der Waals surface area (Å²) in [5.41, 5.74) is 15.1. The fourth-order valence-electron chi connectivity index (χ4n) is 8.92. The SMILES string of the molecule is CC=C(CNCC)C(=O)OC1Cc2c3c(c4oc(CO)cc(=O)c4c2O)C(C(CO)c2cccc(O)c2)C2=CCNC(N)=C2CCC(CC2=CNC(N)C=C2)C1(C)O3. The van der Waals surface area contributed by atoms with Gasteiger partial charge in [0, 0.05) is 66.2 Å². The quantitative estimate of drug-likeness (QED) is 0.0998. The molecule has 1 aromatic heterocycles. The molecule has 5 heterocycles. The van der Waals surface area contributed by atoms with E-state index in [1.54, 1.807) is 31.2 Å². The molecule has 7 rings (SSSR count). The number of aliphatic hydroxyl groups excluding tert-OH is 2. The molecule has 0 saturated heterocycles. The Morgan fingerprint density at radius 2 is 2.03 bits per heavy atom. The Labute approximate surface area is 336 Å². The summed E-state index contributed by atoms with van der Waals surface area (Å²) in [4.78, 5) is 28.1. The number of fused-ring (bicyclic) bond motifs is 4. The molecule has 6 unspecified atom stereocenters. The number of nitrogens with one attached hydrogen (secondary N) is 3. The van der Waals surface area contributed by atoms with Crippen molar-refractivity contribution in [2.75, 3.05) is 26.2 Å². The second-order valence-corrected chi connectivity index (χ2v) is 15.5. The van der Waals surface area contributed by atoms with Gasteiger partial charge in [-0.1, -0.05) is 37.3 Å². The van der Waals surface area contributed by atoms with E-state index in [0.717, 1.165) is 22.8 Å². The third kappa shape index (κ3) is 7.48. The lowest BCUT2D eigenvalue weighted by Crippen LogP contribution is -2.57. The molecule has 0 fully saturated rings. The maximum absolute atomic E-state index is 14.0. The van der Waals surface area contributed by atoms with Crippen LogP contribution >= 0.6 is 0 Å². The van der Waals surface area contributed by atoms with Crippen molar-refractivity contribution in [2.45, 2.75) is 82.8 Å². The van der Waals surface area contributed by atoms with Gasteiger partial charge in [0.15, 0.2) is 5.43 Å². The van der Waals surface area contributed by atoms with Crippen molar-refractivity contribution < 1.29 is 39.1 Å². The van der Waals surface area contributed by atoms with Gasteiger partial charge >= 0.3 is 5.97 Å². The van der Waals surface area contributed by atoms with Crippen molar-refractivity contribution in [1.29, 1.82) is 0 Å². The maximum atomic E-state index is 14.0. The summed E-state index contributed by atoms with van der Waals surface area (Å²) in [6, 6.07) is 7.73. The van der Waals surface area contributed by atoms with Gasteiger partial charge in [-0.2, -0.15) is 0 Å². The minimum absolute atomic E-state index is 0.00968. The van der Waals surface area contributed by atoms with Crippen LogP contribution < -0.4 is 37.6 Å². The van der Waals surface area contributed by atoms with Crippen LogP contribution in [0.15, 0.2) is 98.2 Å². The van der Waals surface area contributed by atoms with E-state index in [4.69, 9.17) is 25.4 Å². The van der Waals surface area contributed by atoms with Gasteiger partial charge in [0.05, 0.1) is 18.6 Å². The molecule has 0 spiro atoms. The summed E-state index contributed by atoms with van der Waals surface area (Å²) >= 11 is 0. The number of aromatic hydroxyl groups is 2. The zero-order valence-electron chi connectivity index (χ0n) is 33.0. The van der Waals surface area contributed by atoms with Crippen LogP contribution in [0, 0.1) is 5.92 Å². The fourth-order valence-corrected chi connectivity index (χ4v) is 8.92. The van der Waals surface area contributed by atoms with Crippen LogP contribution in [0.25, 0.3) is 11.0 Å². The molecule has 308 valence electrons. The van der Waals surface area contributed by atoms with Crippen LogP contribution in [-0.2, 0) is 22.6 Å². The first-order valence-electron chi connectivity index (χ1n) is 19.8. The second-order valence-electron chi connectivity index (χ2n) is 15.5. The van der Waals surface area contributed by atoms with Crippen LogP contribution in [-0.4, -0.2) is 70.5 Å². The number of rotatable bonds is 11. The third-order valence-electron chi connectivity index (χ3n) is 12.1. The van der Waals surface area contributed by atoms with Crippen molar-refractivity contribution >= 4 is 16.9 Å². The van der Waals surface area contributed by atoms with Crippen molar-refractivity contribution in [2.24, 2.45) is 17.4 Å². The number of hydrogen-bond acceptors (Lipinski definition) is 14. The van der Waals surface area contributed by atoms with Crippen LogP contribution in [0.3, 0.4) is 0 Å². The van der Waals surface area contributed by atoms with E-state index in [1.165, 1.54) is 6.07 Å². The van der Waals surface area contributed by atoms with E-state index >= 15 is 0 Å². The summed E-state index contributed by atoms with van der Waals surface area (Å²) in [5.74, 6) is -2.31. The number of esters is 1. The lowest BCUT2D eigenvalue weighted by atomic mass is 9.68. The summed E-state index contributed by atoms with van der Waals surface area (Å²) in [7, 11) is 0. The lowest BCUT2D eigenvalue weighted by Gasteiger charge is -2.49. The highest BCUT2D eigenvalue weighted by Gasteiger charge is 2.53.